The fourth-order valence-electron chi connectivity index (χ4n) is 1.41. The van der Waals surface area contributed by atoms with Gasteiger partial charge in [-0.05, 0) is 26.7 Å². The molecule has 0 aromatic rings. The van der Waals surface area contributed by atoms with Crippen molar-refractivity contribution in [2.45, 2.75) is 59.5 Å². The van der Waals surface area contributed by atoms with Gasteiger partial charge in [-0.1, -0.05) is 20.8 Å². The Morgan fingerprint density at radius 2 is 1.74 bits per heavy atom. The SMILES string of the molecule is CCC(=O)NCCC(C)(C)OCCC(C)(C)C(N)=O. The molecule has 0 aromatic carbocycles. The van der Waals surface area contributed by atoms with Crippen molar-refractivity contribution in [3.8, 4) is 0 Å². The van der Waals surface area contributed by atoms with Gasteiger partial charge in [0.15, 0.2) is 0 Å². The van der Waals surface area contributed by atoms with Crippen molar-refractivity contribution in [1.82, 2.24) is 5.32 Å². The maximum Gasteiger partial charge on any atom is 0.223 e. The zero-order chi connectivity index (χ0) is 15.1. The number of nitrogens with one attached hydrogen (secondary N) is 1. The topological polar surface area (TPSA) is 81.4 Å². The fraction of sp³-hybridized carbons (Fsp3) is 0.857. The summed E-state index contributed by atoms with van der Waals surface area (Å²) in [6, 6.07) is 0. The van der Waals surface area contributed by atoms with Crippen LogP contribution >= 0.6 is 0 Å². The number of rotatable bonds is 9. The van der Waals surface area contributed by atoms with Gasteiger partial charge in [-0.3, -0.25) is 9.59 Å². The summed E-state index contributed by atoms with van der Waals surface area (Å²) in [5.74, 6) is -0.269. The van der Waals surface area contributed by atoms with Crippen LogP contribution in [-0.4, -0.2) is 30.6 Å². The molecule has 0 aliphatic rings. The Morgan fingerprint density at radius 1 is 1.16 bits per heavy atom. The number of hydrogen-bond acceptors (Lipinski definition) is 3. The van der Waals surface area contributed by atoms with E-state index in [-0.39, 0.29) is 17.4 Å². The summed E-state index contributed by atoms with van der Waals surface area (Å²) in [4.78, 5) is 22.3. The second-order valence-electron chi connectivity index (χ2n) is 6.06. The maximum atomic E-state index is 11.2. The molecule has 5 heteroatoms. The number of carbonyl (C=O) groups excluding carboxylic acids is 2. The Bertz CT molecular complexity index is 312. The zero-order valence-electron chi connectivity index (χ0n) is 12.8. The van der Waals surface area contributed by atoms with Crippen molar-refractivity contribution >= 4 is 11.8 Å². The van der Waals surface area contributed by atoms with E-state index in [1.54, 1.807) is 0 Å². The third-order valence-corrected chi connectivity index (χ3v) is 3.26. The summed E-state index contributed by atoms with van der Waals surface area (Å²) < 4.78 is 5.77. The molecule has 0 saturated heterocycles. The molecule has 19 heavy (non-hydrogen) atoms. The molecule has 0 saturated carbocycles. The minimum Gasteiger partial charge on any atom is -0.375 e. The summed E-state index contributed by atoms with van der Waals surface area (Å²) in [6.45, 7) is 10.5. The van der Waals surface area contributed by atoms with E-state index in [2.05, 4.69) is 5.32 Å². The van der Waals surface area contributed by atoms with Crippen LogP contribution in [0.15, 0.2) is 0 Å². The Hall–Kier alpha value is -1.10. The number of nitrogens with two attached hydrogens (primary N) is 1. The maximum absolute atomic E-state index is 11.2. The molecular formula is C14H28N2O3. The van der Waals surface area contributed by atoms with Gasteiger partial charge in [0.2, 0.25) is 11.8 Å². The van der Waals surface area contributed by atoms with E-state index in [1.807, 2.05) is 34.6 Å². The van der Waals surface area contributed by atoms with Gasteiger partial charge in [0.1, 0.15) is 0 Å². The lowest BCUT2D eigenvalue weighted by Gasteiger charge is -2.28. The van der Waals surface area contributed by atoms with Gasteiger partial charge >= 0.3 is 0 Å². The van der Waals surface area contributed by atoms with Crippen LogP contribution in [0.2, 0.25) is 0 Å². The van der Waals surface area contributed by atoms with Crippen LogP contribution in [0.25, 0.3) is 0 Å². The first kappa shape index (κ1) is 17.9. The molecule has 0 spiro atoms. The Morgan fingerprint density at radius 3 is 2.21 bits per heavy atom. The third-order valence-electron chi connectivity index (χ3n) is 3.26. The normalized spacial score (nSPS) is 12.3. The molecule has 0 bridgehead atoms. The molecule has 0 rings (SSSR count). The number of primary amides is 1. The Balaban J connectivity index is 3.97. The van der Waals surface area contributed by atoms with Crippen LogP contribution in [0, 0.1) is 5.41 Å². The first-order chi connectivity index (χ1) is 8.60. The Labute approximate surface area is 116 Å². The van der Waals surface area contributed by atoms with Crippen molar-refractivity contribution in [2.24, 2.45) is 11.1 Å². The highest BCUT2D eigenvalue weighted by molar-refractivity contribution is 5.79. The number of carbonyl (C=O) groups is 2. The minimum absolute atomic E-state index is 0.0469. The summed E-state index contributed by atoms with van der Waals surface area (Å²) in [5.41, 5.74) is 4.43. The van der Waals surface area contributed by atoms with Gasteiger partial charge in [0.05, 0.1) is 5.60 Å². The lowest BCUT2D eigenvalue weighted by Crippen LogP contribution is -2.36. The molecule has 112 valence electrons. The van der Waals surface area contributed by atoms with E-state index in [4.69, 9.17) is 10.5 Å². The largest absolute Gasteiger partial charge is 0.375 e. The van der Waals surface area contributed by atoms with E-state index >= 15 is 0 Å². The molecule has 0 fully saturated rings. The van der Waals surface area contributed by atoms with Crippen LogP contribution in [0.1, 0.15) is 53.9 Å². The molecule has 2 amide bonds. The van der Waals surface area contributed by atoms with Crippen molar-refractivity contribution in [2.75, 3.05) is 13.2 Å². The number of ether oxygens (including phenoxy) is 1. The summed E-state index contributed by atoms with van der Waals surface area (Å²) >= 11 is 0. The molecule has 0 heterocycles. The van der Waals surface area contributed by atoms with Crippen molar-refractivity contribution < 1.29 is 14.3 Å². The summed E-state index contributed by atoms with van der Waals surface area (Å²) in [6.07, 6.45) is 1.82. The van der Waals surface area contributed by atoms with Gasteiger partial charge in [-0.25, -0.2) is 0 Å². The summed E-state index contributed by atoms with van der Waals surface area (Å²) in [5, 5.41) is 2.82. The quantitative estimate of drug-likeness (QED) is 0.669. The van der Waals surface area contributed by atoms with Gasteiger partial charge in [-0.15, -0.1) is 0 Å². The van der Waals surface area contributed by atoms with E-state index in [0.29, 0.717) is 26.0 Å². The fourth-order valence-corrected chi connectivity index (χ4v) is 1.41. The van der Waals surface area contributed by atoms with E-state index in [9.17, 15) is 9.59 Å². The molecular weight excluding hydrogens is 244 g/mol. The lowest BCUT2D eigenvalue weighted by molar-refractivity contribution is -0.128. The lowest BCUT2D eigenvalue weighted by atomic mass is 9.89. The van der Waals surface area contributed by atoms with E-state index in [1.165, 1.54) is 0 Å². The highest BCUT2D eigenvalue weighted by Crippen LogP contribution is 2.22. The van der Waals surface area contributed by atoms with Crippen LogP contribution in [0.5, 0.6) is 0 Å². The summed E-state index contributed by atoms with van der Waals surface area (Å²) in [7, 11) is 0. The van der Waals surface area contributed by atoms with E-state index < -0.39 is 5.41 Å². The van der Waals surface area contributed by atoms with Crippen LogP contribution in [0.4, 0.5) is 0 Å². The molecule has 0 atom stereocenters. The molecule has 5 nitrogen and oxygen atoms in total. The highest BCUT2D eigenvalue weighted by atomic mass is 16.5. The monoisotopic (exact) mass is 272 g/mol. The average molecular weight is 272 g/mol. The first-order valence-electron chi connectivity index (χ1n) is 6.81. The third kappa shape index (κ3) is 7.82. The molecule has 0 aliphatic heterocycles. The molecule has 0 aliphatic carbocycles. The number of hydrogen-bond donors (Lipinski definition) is 2. The smallest absolute Gasteiger partial charge is 0.223 e. The van der Waals surface area contributed by atoms with Crippen LogP contribution in [-0.2, 0) is 14.3 Å². The van der Waals surface area contributed by atoms with Gasteiger partial charge in [0.25, 0.3) is 0 Å². The highest BCUT2D eigenvalue weighted by Gasteiger charge is 2.26. The zero-order valence-corrected chi connectivity index (χ0v) is 12.8. The van der Waals surface area contributed by atoms with Gasteiger partial charge in [0, 0.05) is 25.0 Å². The predicted octanol–water partition coefficient (Wildman–Crippen LogP) is 1.60. The minimum atomic E-state index is -0.549. The molecule has 3 N–H and O–H groups in total. The van der Waals surface area contributed by atoms with Crippen LogP contribution in [0.3, 0.4) is 0 Å². The molecule has 0 aromatic heterocycles. The van der Waals surface area contributed by atoms with Crippen molar-refractivity contribution in [3.63, 3.8) is 0 Å². The second-order valence-corrected chi connectivity index (χ2v) is 6.06. The average Bonchev–Trinajstić information content (AvgIpc) is 2.27. The van der Waals surface area contributed by atoms with Gasteiger partial charge in [-0.2, -0.15) is 0 Å². The second kappa shape index (κ2) is 7.48. The Kier molecular flexibility index (Phi) is 7.05. The standard InChI is InChI=1S/C14H28N2O3/c1-6-11(17)16-9-7-14(4,5)19-10-8-13(2,3)12(15)18/h6-10H2,1-5H3,(H2,15,18)(H,16,17). The van der Waals surface area contributed by atoms with Crippen LogP contribution < -0.4 is 11.1 Å². The van der Waals surface area contributed by atoms with Crippen molar-refractivity contribution in [1.29, 1.82) is 0 Å². The van der Waals surface area contributed by atoms with E-state index in [0.717, 1.165) is 6.42 Å². The van der Waals surface area contributed by atoms with Crippen molar-refractivity contribution in [3.05, 3.63) is 0 Å². The van der Waals surface area contributed by atoms with Gasteiger partial charge < -0.3 is 15.8 Å². The molecule has 0 unspecified atom stereocenters. The molecule has 0 radical (unpaired) electrons. The predicted molar refractivity (Wildman–Crippen MR) is 75.5 cm³/mol. The first-order valence-corrected chi connectivity index (χ1v) is 6.81. The number of amides is 2.